The highest BCUT2D eigenvalue weighted by atomic mass is 14.5. The van der Waals surface area contributed by atoms with Crippen molar-refractivity contribution in [2.24, 2.45) is 29.1 Å². The van der Waals surface area contributed by atoms with Crippen molar-refractivity contribution in [1.29, 1.82) is 0 Å². The molecule has 0 aromatic carbocycles. The molecule has 3 rings (SSSR count). The van der Waals surface area contributed by atoms with E-state index in [1.54, 1.807) is 64.2 Å². The topological polar surface area (TPSA) is 0 Å². The standard InChI is InChI=1S/C23H42/c1-3-16-23(22-12-10-19(4-2)11-13-22)17-14-21(15-18-23)20-8-6-5-7-9-20/h19-22H,3-18H2,1-2H3. The minimum atomic E-state index is 0.763. The zero-order chi connectivity index (χ0) is 16.1. The molecular formula is C23H42. The van der Waals surface area contributed by atoms with E-state index in [4.69, 9.17) is 0 Å². The summed E-state index contributed by atoms with van der Waals surface area (Å²) < 4.78 is 0. The molecule has 0 nitrogen and oxygen atoms in total. The molecule has 0 bridgehead atoms. The predicted molar refractivity (Wildman–Crippen MR) is 102 cm³/mol. The molecule has 0 radical (unpaired) electrons. The fourth-order valence-electron chi connectivity index (χ4n) is 6.84. The maximum absolute atomic E-state index is 2.44. The van der Waals surface area contributed by atoms with E-state index in [-0.39, 0.29) is 0 Å². The minimum absolute atomic E-state index is 0.763. The lowest BCUT2D eigenvalue weighted by Crippen LogP contribution is -2.38. The summed E-state index contributed by atoms with van der Waals surface area (Å²) in [6.07, 6.45) is 24.6. The average Bonchev–Trinajstić information content (AvgIpc) is 2.63. The Labute approximate surface area is 146 Å². The third-order valence-corrected chi connectivity index (χ3v) is 8.38. The highest BCUT2D eigenvalue weighted by Crippen LogP contribution is 2.54. The van der Waals surface area contributed by atoms with Crippen LogP contribution in [0, 0.1) is 29.1 Å². The van der Waals surface area contributed by atoms with E-state index in [1.165, 1.54) is 38.5 Å². The van der Waals surface area contributed by atoms with Gasteiger partial charge in [0.1, 0.15) is 0 Å². The van der Waals surface area contributed by atoms with Crippen molar-refractivity contribution in [3.05, 3.63) is 0 Å². The fourth-order valence-corrected chi connectivity index (χ4v) is 6.84. The lowest BCUT2D eigenvalue weighted by Gasteiger charge is -2.49. The summed E-state index contributed by atoms with van der Waals surface area (Å²) >= 11 is 0. The van der Waals surface area contributed by atoms with Gasteiger partial charge in [-0.15, -0.1) is 0 Å². The number of hydrogen-bond acceptors (Lipinski definition) is 0. The Bertz CT molecular complexity index is 322. The van der Waals surface area contributed by atoms with E-state index >= 15 is 0 Å². The van der Waals surface area contributed by atoms with Crippen LogP contribution in [-0.2, 0) is 0 Å². The van der Waals surface area contributed by atoms with Crippen molar-refractivity contribution >= 4 is 0 Å². The van der Waals surface area contributed by atoms with E-state index in [0.29, 0.717) is 0 Å². The minimum Gasteiger partial charge on any atom is -0.0654 e. The van der Waals surface area contributed by atoms with Crippen LogP contribution in [0.5, 0.6) is 0 Å². The third kappa shape index (κ3) is 4.16. The van der Waals surface area contributed by atoms with Crippen molar-refractivity contribution in [2.75, 3.05) is 0 Å². The van der Waals surface area contributed by atoms with E-state index < -0.39 is 0 Å². The Morgan fingerprint density at radius 1 is 0.696 bits per heavy atom. The van der Waals surface area contributed by atoms with Gasteiger partial charge >= 0.3 is 0 Å². The molecule has 0 unspecified atom stereocenters. The molecule has 0 amide bonds. The first-order chi connectivity index (χ1) is 11.3. The molecule has 0 aromatic heterocycles. The van der Waals surface area contributed by atoms with E-state index in [9.17, 15) is 0 Å². The third-order valence-electron chi connectivity index (χ3n) is 8.38. The van der Waals surface area contributed by atoms with Crippen LogP contribution < -0.4 is 0 Å². The number of rotatable bonds is 5. The van der Waals surface area contributed by atoms with Gasteiger partial charge in [0.25, 0.3) is 0 Å². The normalized spacial score (nSPS) is 40.2. The Balaban J connectivity index is 1.57. The van der Waals surface area contributed by atoms with Gasteiger partial charge in [0, 0.05) is 0 Å². The zero-order valence-electron chi connectivity index (χ0n) is 16.1. The lowest BCUT2D eigenvalue weighted by molar-refractivity contribution is 0.0145. The second-order valence-electron chi connectivity index (χ2n) is 9.47. The smallest absolute Gasteiger partial charge is 0.0269 e. The largest absolute Gasteiger partial charge is 0.0654 e. The molecule has 134 valence electrons. The van der Waals surface area contributed by atoms with E-state index in [0.717, 1.165) is 29.1 Å². The van der Waals surface area contributed by atoms with Crippen LogP contribution >= 0.6 is 0 Å². The van der Waals surface area contributed by atoms with Crippen molar-refractivity contribution in [1.82, 2.24) is 0 Å². The SMILES string of the molecule is CCCC1(C2CCC(CC)CC2)CCC(C2CCCCC2)CC1. The Morgan fingerprint density at radius 2 is 1.30 bits per heavy atom. The summed E-state index contributed by atoms with van der Waals surface area (Å²) in [6, 6.07) is 0. The Kier molecular flexibility index (Phi) is 6.50. The van der Waals surface area contributed by atoms with Gasteiger partial charge in [0.15, 0.2) is 0 Å². The molecule has 0 aliphatic heterocycles. The molecule has 0 aromatic rings. The molecule has 0 spiro atoms. The maximum Gasteiger partial charge on any atom is -0.0269 e. The van der Waals surface area contributed by atoms with Crippen LogP contribution in [0.3, 0.4) is 0 Å². The second-order valence-corrected chi connectivity index (χ2v) is 9.47. The van der Waals surface area contributed by atoms with Crippen LogP contribution in [0.2, 0.25) is 0 Å². The summed E-state index contributed by atoms with van der Waals surface area (Å²) in [5.74, 6) is 4.35. The quantitative estimate of drug-likeness (QED) is 0.486. The molecule has 3 aliphatic rings. The number of hydrogen-bond donors (Lipinski definition) is 0. The Morgan fingerprint density at radius 3 is 1.87 bits per heavy atom. The van der Waals surface area contributed by atoms with Crippen LogP contribution in [-0.4, -0.2) is 0 Å². The summed E-state index contributed by atoms with van der Waals surface area (Å²) in [4.78, 5) is 0. The van der Waals surface area contributed by atoms with E-state index in [2.05, 4.69) is 13.8 Å². The van der Waals surface area contributed by atoms with Crippen molar-refractivity contribution < 1.29 is 0 Å². The monoisotopic (exact) mass is 318 g/mol. The summed E-state index contributed by atoms with van der Waals surface area (Å²) in [5, 5.41) is 0. The van der Waals surface area contributed by atoms with Gasteiger partial charge in [-0.2, -0.15) is 0 Å². The molecule has 0 N–H and O–H groups in total. The van der Waals surface area contributed by atoms with Gasteiger partial charge < -0.3 is 0 Å². The zero-order valence-corrected chi connectivity index (χ0v) is 16.1. The maximum atomic E-state index is 2.44. The summed E-state index contributed by atoms with van der Waals surface area (Å²) in [6.45, 7) is 4.84. The molecule has 3 fully saturated rings. The van der Waals surface area contributed by atoms with Crippen LogP contribution in [0.25, 0.3) is 0 Å². The van der Waals surface area contributed by atoms with Gasteiger partial charge in [-0.3, -0.25) is 0 Å². The average molecular weight is 319 g/mol. The predicted octanol–water partition coefficient (Wildman–Crippen LogP) is 7.76. The molecule has 0 atom stereocenters. The molecule has 0 heterocycles. The molecule has 3 aliphatic carbocycles. The highest BCUT2D eigenvalue weighted by Gasteiger charge is 2.43. The van der Waals surface area contributed by atoms with Gasteiger partial charge in [-0.1, -0.05) is 71.6 Å². The van der Waals surface area contributed by atoms with Crippen molar-refractivity contribution in [3.63, 3.8) is 0 Å². The van der Waals surface area contributed by atoms with Crippen LogP contribution in [0.15, 0.2) is 0 Å². The molecule has 23 heavy (non-hydrogen) atoms. The molecule has 0 heteroatoms. The molecular weight excluding hydrogens is 276 g/mol. The summed E-state index contributed by atoms with van der Waals surface area (Å²) in [5.41, 5.74) is 0.763. The van der Waals surface area contributed by atoms with Crippen LogP contribution in [0.4, 0.5) is 0 Å². The second kappa shape index (κ2) is 8.39. The van der Waals surface area contributed by atoms with Gasteiger partial charge in [0.2, 0.25) is 0 Å². The lowest BCUT2D eigenvalue weighted by atomic mass is 9.56. The first kappa shape index (κ1) is 17.8. The first-order valence-electron chi connectivity index (χ1n) is 11.3. The van der Waals surface area contributed by atoms with Crippen molar-refractivity contribution in [3.8, 4) is 0 Å². The summed E-state index contributed by atoms with van der Waals surface area (Å²) in [7, 11) is 0. The van der Waals surface area contributed by atoms with Crippen molar-refractivity contribution in [2.45, 2.75) is 117 Å². The van der Waals surface area contributed by atoms with Gasteiger partial charge in [0.05, 0.1) is 0 Å². The Hall–Kier alpha value is 0. The fraction of sp³-hybridized carbons (Fsp3) is 1.00. The van der Waals surface area contributed by atoms with Crippen LogP contribution in [0.1, 0.15) is 117 Å². The molecule has 3 saturated carbocycles. The van der Waals surface area contributed by atoms with E-state index in [1.807, 2.05) is 0 Å². The molecule has 0 saturated heterocycles. The highest BCUT2D eigenvalue weighted by molar-refractivity contribution is 4.94. The first-order valence-corrected chi connectivity index (χ1v) is 11.3. The van der Waals surface area contributed by atoms with Gasteiger partial charge in [-0.05, 0) is 74.0 Å². The van der Waals surface area contributed by atoms with Gasteiger partial charge in [-0.25, -0.2) is 0 Å².